The number of aromatic amines is 1. The highest BCUT2D eigenvalue weighted by atomic mass is 32.2. The van der Waals surface area contributed by atoms with Gasteiger partial charge in [-0.15, -0.1) is 0 Å². The number of hydrogen-bond donors (Lipinski definition) is 4. The standard InChI is InChI=1S/C12H12N6O2S/c13-17-11-4-1-8-7-9(2-3-10(8)16-11)21(19,20)18-12-14-5-6-15-12/h1-7H,13H2,(H,16,17)(H2,14,15,18). The molecule has 3 aromatic rings. The number of aromatic nitrogens is 3. The van der Waals surface area contributed by atoms with Gasteiger partial charge in [-0.3, -0.25) is 0 Å². The third-order valence-corrected chi connectivity index (χ3v) is 4.18. The van der Waals surface area contributed by atoms with Crippen LogP contribution in [0.1, 0.15) is 0 Å². The lowest BCUT2D eigenvalue weighted by Crippen LogP contribution is -2.14. The average molecular weight is 304 g/mol. The van der Waals surface area contributed by atoms with Crippen LogP contribution in [0, 0.1) is 0 Å². The Balaban J connectivity index is 2.00. The van der Waals surface area contributed by atoms with Crippen LogP contribution in [-0.2, 0) is 10.0 Å². The molecule has 8 nitrogen and oxygen atoms in total. The fraction of sp³-hybridized carbons (Fsp3) is 0. The second-order valence-corrected chi connectivity index (χ2v) is 5.92. The third kappa shape index (κ3) is 2.64. The maximum atomic E-state index is 12.2. The van der Waals surface area contributed by atoms with Crippen LogP contribution >= 0.6 is 0 Å². The number of hydrogen-bond acceptors (Lipinski definition) is 6. The van der Waals surface area contributed by atoms with E-state index in [9.17, 15) is 8.42 Å². The molecule has 0 saturated carbocycles. The summed E-state index contributed by atoms with van der Waals surface area (Å²) in [4.78, 5) is 10.9. The van der Waals surface area contributed by atoms with E-state index in [1.807, 2.05) is 0 Å². The molecule has 1 aromatic carbocycles. The number of hydrazine groups is 1. The summed E-state index contributed by atoms with van der Waals surface area (Å²) in [6.45, 7) is 0. The molecule has 0 aliphatic carbocycles. The van der Waals surface area contributed by atoms with Gasteiger partial charge in [0.1, 0.15) is 5.82 Å². The molecular weight excluding hydrogens is 292 g/mol. The molecule has 2 aromatic heterocycles. The minimum atomic E-state index is -3.70. The molecule has 108 valence electrons. The molecule has 0 amide bonds. The van der Waals surface area contributed by atoms with E-state index in [0.717, 1.165) is 0 Å². The van der Waals surface area contributed by atoms with Crippen LogP contribution in [0.5, 0.6) is 0 Å². The lowest BCUT2D eigenvalue weighted by Gasteiger charge is -2.07. The van der Waals surface area contributed by atoms with E-state index in [-0.39, 0.29) is 10.8 Å². The summed E-state index contributed by atoms with van der Waals surface area (Å²) in [6.07, 6.45) is 2.99. The average Bonchev–Trinajstić information content (AvgIpc) is 2.98. The molecule has 0 radical (unpaired) electrons. The minimum Gasteiger partial charge on any atom is -0.330 e. The fourth-order valence-corrected chi connectivity index (χ4v) is 2.87. The second kappa shape index (κ2) is 5.04. The number of nitrogens with two attached hydrogens (primary N) is 1. The Morgan fingerprint density at radius 3 is 2.76 bits per heavy atom. The Bertz CT molecular complexity index is 876. The zero-order chi connectivity index (χ0) is 14.9. The number of nitrogens with one attached hydrogen (secondary N) is 3. The van der Waals surface area contributed by atoms with Gasteiger partial charge in [-0.05, 0) is 30.3 Å². The predicted molar refractivity (Wildman–Crippen MR) is 78.9 cm³/mol. The highest BCUT2D eigenvalue weighted by Crippen LogP contribution is 2.20. The molecule has 0 unspecified atom stereocenters. The van der Waals surface area contributed by atoms with E-state index in [1.54, 1.807) is 18.2 Å². The van der Waals surface area contributed by atoms with Gasteiger partial charge in [0.05, 0.1) is 10.4 Å². The van der Waals surface area contributed by atoms with Crippen molar-refractivity contribution in [2.75, 3.05) is 10.1 Å². The lowest BCUT2D eigenvalue weighted by molar-refractivity contribution is 0.601. The van der Waals surface area contributed by atoms with Crippen LogP contribution in [0.25, 0.3) is 10.9 Å². The van der Waals surface area contributed by atoms with E-state index in [1.165, 1.54) is 24.5 Å². The quantitative estimate of drug-likeness (QED) is 0.421. The summed E-state index contributed by atoms with van der Waals surface area (Å²) >= 11 is 0. The van der Waals surface area contributed by atoms with Crippen LogP contribution in [0.4, 0.5) is 11.8 Å². The van der Waals surface area contributed by atoms with E-state index >= 15 is 0 Å². The molecule has 2 heterocycles. The number of imidazole rings is 1. The molecule has 0 spiro atoms. The predicted octanol–water partition coefficient (Wildman–Crippen LogP) is 1.04. The molecule has 0 aliphatic heterocycles. The number of H-pyrrole nitrogens is 1. The van der Waals surface area contributed by atoms with Crippen molar-refractivity contribution in [1.82, 2.24) is 15.0 Å². The van der Waals surface area contributed by atoms with E-state index in [4.69, 9.17) is 5.84 Å². The molecule has 9 heteroatoms. The number of benzene rings is 1. The molecule has 0 fully saturated rings. The van der Waals surface area contributed by atoms with Crippen LogP contribution in [0.15, 0.2) is 47.6 Å². The van der Waals surface area contributed by atoms with E-state index in [2.05, 4.69) is 25.1 Å². The Morgan fingerprint density at radius 2 is 2.05 bits per heavy atom. The number of nitrogens with zero attached hydrogens (tertiary/aromatic N) is 2. The number of rotatable bonds is 4. The Hall–Kier alpha value is -2.65. The summed E-state index contributed by atoms with van der Waals surface area (Å²) in [6, 6.07) is 8.03. The van der Waals surface area contributed by atoms with Gasteiger partial charge in [-0.25, -0.2) is 29.0 Å². The number of sulfonamides is 1. The highest BCUT2D eigenvalue weighted by Gasteiger charge is 2.16. The molecule has 0 saturated heterocycles. The van der Waals surface area contributed by atoms with Gasteiger partial charge in [0, 0.05) is 17.8 Å². The van der Waals surface area contributed by atoms with Crippen molar-refractivity contribution in [3.8, 4) is 0 Å². The molecule has 5 N–H and O–H groups in total. The van der Waals surface area contributed by atoms with E-state index in [0.29, 0.717) is 16.7 Å². The smallest absolute Gasteiger partial charge is 0.264 e. The van der Waals surface area contributed by atoms with Crippen molar-refractivity contribution in [2.24, 2.45) is 5.84 Å². The van der Waals surface area contributed by atoms with Crippen LogP contribution < -0.4 is 16.0 Å². The summed E-state index contributed by atoms with van der Waals surface area (Å²) in [7, 11) is -3.70. The van der Waals surface area contributed by atoms with Gasteiger partial charge in [-0.1, -0.05) is 0 Å². The first kappa shape index (κ1) is 13.3. The summed E-state index contributed by atoms with van der Waals surface area (Å²) in [5.41, 5.74) is 3.08. The Labute approximate surface area is 120 Å². The minimum absolute atomic E-state index is 0.127. The number of nitrogen functional groups attached to an aromatic ring is 1. The molecule has 0 aliphatic rings. The van der Waals surface area contributed by atoms with Gasteiger partial charge in [0.2, 0.25) is 5.95 Å². The molecule has 0 atom stereocenters. The van der Waals surface area contributed by atoms with Crippen molar-refractivity contribution in [3.05, 3.63) is 42.7 Å². The van der Waals surface area contributed by atoms with Crippen LogP contribution in [0.3, 0.4) is 0 Å². The van der Waals surface area contributed by atoms with E-state index < -0.39 is 10.0 Å². The van der Waals surface area contributed by atoms with Crippen molar-refractivity contribution >= 4 is 32.7 Å². The van der Waals surface area contributed by atoms with Crippen molar-refractivity contribution in [3.63, 3.8) is 0 Å². The van der Waals surface area contributed by atoms with Crippen molar-refractivity contribution in [2.45, 2.75) is 4.90 Å². The van der Waals surface area contributed by atoms with Gasteiger partial charge in [0.15, 0.2) is 0 Å². The zero-order valence-electron chi connectivity index (χ0n) is 10.7. The van der Waals surface area contributed by atoms with Crippen molar-refractivity contribution in [1.29, 1.82) is 0 Å². The SMILES string of the molecule is NNc1ccc2cc(S(=O)(=O)Nc3ncc[nH]3)ccc2n1. The second-order valence-electron chi connectivity index (χ2n) is 4.24. The largest absolute Gasteiger partial charge is 0.330 e. The Morgan fingerprint density at radius 1 is 1.19 bits per heavy atom. The normalized spacial score (nSPS) is 11.5. The van der Waals surface area contributed by atoms with Gasteiger partial charge in [-0.2, -0.15) is 0 Å². The lowest BCUT2D eigenvalue weighted by atomic mass is 10.2. The van der Waals surface area contributed by atoms with Gasteiger partial charge < -0.3 is 10.4 Å². The van der Waals surface area contributed by atoms with Crippen LogP contribution in [-0.4, -0.2) is 23.4 Å². The van der Waals surface area contributed by atoms with Gasteiger partial charge >= 0.3 is 0 Å². The Kier molecular flexibility index (Phi) is 3.20. The molecule has 0 bridgehead atoms. The fourth-order valence-electron chi connectivity index (χ4n) is 1.86. The first-order valence-electron chi connectivity index (χ1n) is 5.98. The zero-order valence-corrected chi connectivity index (χ0v) is 11.6. The number of pyridine rings is 1. The topological polar surface area (TPSA) is 126 Å². The summed E-state index contributed by atoms with van der Waals surface area (Å²) in [5, 5.41) is 0.691. The summed E-state index contributed by atoms with van der Waals surface area (Å²) < 4.78 is 26.8. The van der Waals surface area contributed by atoms with Crippen molar-refractivity contribution < 1.29 is 8.42 Å². The maximum absolute atomic E-state index is 12.2. The molecular formula is C12H12N6O2S. The monoisotopic (exact) mass is 304 g/mol. The number of anilines is 2. The van der Waals surface area contributed by atoms with Gasteiger partial charge in [0.25, 0.3) is 10.0 Å². The maximum Gasteiger partial charge on any atom is 0.264 e. The first-order valence-corrected chi connectivity index (χ1v) is 7.46. The highest BCUT2D eigenvalue weighted by molar-refractivity contribution is 7.92. The number of fused-ring (bicyclic) bond motifs is 1. The molecule has 21 heavy (non-hydrogen) atoms. The third-order valence-electron chi connectivity index (χ3n) is 2.85. The molecule has 3 rings (SSSR count). The van der Waals surface area contributed by atoms with Crippen LogP contribution in [0.2, 0.25) is 0 Å². The summed E-state index contributed by atoms with van der Waals surface area (Å²) in [5.74, 6) is 5.96. The first-order chi connectivity index (χ1) is 10.1.